The molecule has 0 N–H and O–H groups in total. The fourth-order valence-electron chi connectivity index (χ4n) is 2.77. The lowest BCUT2D eigenvalue weighted by molar-refractivity contribution is 0.684. The Morgan fingerprint density at radius 3 is 2.37 bits per heavy atom. The number of fused-ring (bicyclic) bond motifs is 1. The van der Waals surface area contributed by atoms with E-state index in [0.717, 1.165) is 10.6 Å². The van der Waals surface area contributed by atoms with Crippen LogP contribution >= 0.6 is 23.2 Å². The minimum absolute atomic E-state index is 0.120. The van der Waals surface area contributed by atoms with Crippen LogP contribution < -0.4 is 0 Å². The molecule has 0 nitrogen and oxygen atoms in total. The van der Waals surface area contributed by atoms with Crippen molar-refractivity contribution >= 4 is 23.2 Å². The quantitative estimate of drug-likeness (QED) is 0.637. The molecular formula is C17H16Cl2. The number of benzene rings is 2. The molecule has 0 fully saturated rings. The first kappa shape index (κ1) is 13.0. The third-order valence-corrected chi connectivity index (χ3v) is 4.55. The zero-order chi connectivity index (χ0) is 13.2. The van der Waals surface area contributed by atoms with Gasteiger partial charge in [0.05, 0.1) is 5.38 Å². The van der Waals surface area contributed by atoms with Crippen LogP contribution in [0.4, 0.5) is 0 Å². The molecule has 1 atom stereocenters. The van der Waals surface area contributed by atoms with Crippen molar-refractivity contribution < 1.29 is 0 Å². The maximum Gasteiger partial charge on any atom is 0.0836 e. The highest BCUT2D eigenvalue weighted by molar-refractivity contribution is 6.30. The van der Waals surface area contributed by atoms with Gasteiger partial charge in [-0.1, -0.05) is 41.9 Å². The van der Waals surface area contributed by atoms with Gasteiger partial charge in [-0.3, -0.25) is 0 Å². The lowest BCUT2D eigenvalue weighted by Gasteiger charge is -2.18. The van der Waals surface area contributed by atoms with Crippen molar-refractivity contribution in [3.63, 3.8) is 0 Å². The highest BCUT2D eigenvalue weighted by atomic mass is 35.5. The lowest BCUT2D eigenvalue weighted by Crippen LogP contribution is -2.04. The fourth-order valence-corrected chi connectivity index (χ4v) is 3.24. The van der Waals surface area contributed by atoms with Crippen LogP contribution in [-0.4, -0.2) is 0 Å². The Kier molecular flexibility index (Phi) is 3.81. The van der Waals surface area contributed by atoms with Crippen LogP contribution in [-0.2, 0) is 12.8 Å². The van der Waals surface area contributed by atoms with Crippen LogP contribution in [0.2, 0.25) is 5.02 Å². The maximum absolute atomic E-state index is 6.59. The van der Waals surface area contributed by atoms with E-state index in [-0.39, 0.29) is 5.38 Å². The van der Waals surface area contributed by atoms with E-state index in [0.29, 0.717) is 0 Å². The average Bonchev–Trinajstić information content (AvgIpc) is 2.46. The molecule has 98 valence electrons. The zero-order valence-corrected chi connectivity index (χ0v) is 12.2. The van der Waals surface area contributed by atoms with Crippen molar-refractivity contribution in [1.82, 2.24) is 0 Å². The SMILES string of the molecule is Clc1cccc(C(Cl)c2ccc3c(c2)CCCC3)c1. The molecule has 2 heteroatoms. The summed E-state index contributed by atoms with van der Waals surface area (Å²) in [5, 5.41) is 0.618. The smallest absolute Gasteiger partial charge is 0.0836 e. The van der Waals surface area contributed by atoms with Crippen molar-refractivity contribution in [3.05, 3.63) is 69.7 Å². The van der Waals surface area contributed by atoms with Crippen LogP contribution in [0, 0.1) is 0 Å². The summed E-state index contributed by atoms with van der Waals surface area (Å²) in [5.74, 6) is 0. The topological polar surface area (TPSA) is 0 Å². The van der Waals surface area contributed by atoms with Crippen LogP contribution in [0.3, 0.4) is 0 Å². The Balaban J connectivity index is 1.93. The molecule has 2 aromatic rings. The second-order valence-electron chi connectivity index (χ2n) is 5.15. The normalized spacial score (nSPS) is 15.9. The van der Waals surface area contributed by atoms with Crippen LogP contribution in [0.15, 0.2) is 42.5 Å². The predicted molar refractivity (Wildman–Crippen MR) is 82.2 cm³/mol. The maximum atomic E-state index is 6.59. The molecule has 0 amide bonds. The van der Waals surface area contributed by atoms with Crippen LogP contribution in [0.25, 0.3) is 0 Å². The first-order chi connectivity index (χ1) is 9.24. The van der Waals surface area contributed by atoms with E-state index in [9.17, 15) is 0 Å². The highest BCUT2D eigenvalue weighted by Crippen LogP contribution is 2.32. The minimum atomic E-state index is -0.120. The minimum Gasteiger partial charge on any atom is -0.113 e. The Morgan fingerprint density at radius 2 is 1.58 bits per heavy atom. The predicted octanol–water partition coefficient (Wildman–Crippen LogP) is 5.55. The fraction of sp³-hybridized carbons (Fsp3) is 0.294. The van der Waals surface area contributed by atoms with Crippen molar-refractivity contribution in [3.8, 4) is 0 Å². The zero-order valence-electron chi connectivity index (χ0n) is 10.7. The lowest BCUT2D eigenvalue weighted by atomic mass is 9.89. The standard InChI is InChI=1S/C17H16Cl2/c18-16-7-3-6-14(11-16)17(19)15-9-8-12-4-1-2-5-13(12)10-15/h3,6-11,17H,1-2,4-5H2. The first-order valence-electron chi connectivity index (χ1n) is 6.75. The van der Waals surface area contributed by atoms with Gasteiger partial charge in [0.15, 0.2) is 0 Å². The number of hydrogen-bond acceptors (Lipinski definition) is 0. The second kappa shape index (κ2) is 5.56. The molecule has 1 aliphatic rings. The van der Waals surface area contributed by atoms with Crippen LogP contribution in [0.1, 0.15) is 40.5 Å². The summed E-state index contributed by atoms with van der Waals surface area (Å²) in [6, 6.07) is 14.5. The van der Waals surface area contributed by atoms with Gasteiger partial charge in [0.25, 0.3) is 0 Å². The number of alkyl halides is 1. The van der Waals surface area contributed by atoms with Crippen molar-refractivity contribution in [2.24, 2.45) is 0 Å². The molecule has 1 aliphatic carbocycles. The van der Waals surface area contributed by atoms with Gasteiger partial charge in [-0.05, 0) is 60.1 Å². The molecule has 3 rings (SSSR count). The van der Waals surface area contributed by atoms with Gasteiger partial charge in [-0.15, -0.1) is 11.6 Å². The summed E-state index contributed by atoms with van der Waals surface area (Å²) < 4.78 is 0. The summed E-state index contributed by atoms with van der Waals surface area (Å²) in [7, 11) is 0. The van der Waals surface area contributed by atoms with Gasteiger partial charge in [0, 0.05) is 5.02 Å². The molecule has 0 saturated heterocycles. The monoisotopic (exact) mass is 290 g/mol. The van der Waals surface area contributed by atoms with Crippen molar-refractivity contribution in [2.45, 2.75) is 31.1 Å². The third-order valence-electron chi connectivity index (χ3n) is 3.81. The van der Waals surface area contributed by atoms with Gasteiger partial charge >= 0.3 is 0 Å². The molecule has 1 unspecified atom stereocenters. The van der Waals surface area contributed by atoms with Crippen molar-refractivity contribution in [2.75, 3.05) is 0 Å². The Morgan fingerprint density at radius 1 is 0.842 bits per heavy atom. The van der Waals surface area contributed by atoms with E-state index >= 15 is 0 Å². The molecular weight excluding hydrogens is 275 g/mol. The van der Waals surface area contributed by atoms with Gasteiger partial charge in [-0.2, -0.15) is 0 Å². The summed E-state index contributed by atoms with van der Waals surface area (Å²) >= 11 is 12.6. The Hall–Kier alpha value is -0.980. The van der Waals surface area contributed by atoms with E-state index in [1.54, 1.807) is 0 Å². The largest absolute Gasteiger partial charge is 0.113 e. The Labute approximate surface area is 124 Å². The molecule has 0 spiro atoms. The second-order valence-corrected chi connectivity index (χ2v) is 6.03. The average molecular weight is 291 g/mol. The number of rotatable bonds is 2. The molecule has 0 radical (unpaired) electrons. The molecule has 0 aliphatic heterocycles. The van der Waals surface area contributed by atoms with E-state index in [4.69, 9.17) is 23.2 Å². The summed E-state index contributed by atoms with van der Waals surface area (Å²) in [6.45, 7) is 0. The molecule has 0 aromatic heterocycles. The molecule has 0 heterocycles. The third kappa shape index (κ3) is 2.80. The molecule has 19 heavy (non-hydrogen) atoms. The number of halogens is 2. The summed E-state index contributed by atoms with van der Waals surface area (Å²) in [6.07, 6.45) is 4.99. The Bertz CT molecular complexity index is 590. The van der Waals surface area contributed by atoms with Gasteiger partial charge in [-0.25, -0.2) is 0 Å². The molecule has 2 aromatic carbocycles. The number of hydrogen-bond donors (Lipinski definition) is 0. The van der Waals surface area contributed by atoms with E-state index in [1.807, 2.05) is 24.3 Å². The van der Waals surface area contributed by atoms with Crippen molar-refractivity contribution in [1.29, 1.82) is 0 Å². The van der Waals surface area contributed by atoms with Gasteiger partial charge in [0.1, 0.15) is 0 Å². The summed E-state index contributed by atoms with van der Waals surface area (Å²) in [4.78, 5) is 0. The van der Waals surface area contributed by atoms with E-state index < -0.39 is 0 Å². The van der Waals surface area contributed by atoms with E-state index in [1.165, 1.54) is 42.4 Å². The number of aryl methyl sites for hydroxylation is 2. The molecule has 0 saturated carbocycles. The van der Waals surface area contributed by atoms with Gasteiger partial charge < -0.3 is 0 Å². The van der Waals surface area contributed by atoms with E-state index in [2.05, 4.69) is 18.2 Å². The highest BCUT2D eigenvalue weighted by Gasteiger charge is 2.15. The van der Waals surface area contributed by atoms with Gasteiger partial charge in [0.2, 0.25) is 0 Å². The first-order valence-corrected chi connectivity index (χ1v) is 7.57. The summed E-state index contributed by atoms with van der Waals surface area (Å²) in [5.41, 5.74) is 5.19. The molecule has 0 bridgehead atoms. The van der Waals surface area contributed by atoms with Crippen LogP contribution in [0.5, 0.6) is 0 Å².